The highest BCUT2D eigenvalue weighted by atomic mass is 79.9. The summed E-state index contributed by atoms with van der Waals surface area (Å²) >= 11 is 3.40. The first kappa shape index (κ1) is 17.6. The van der Waals surface area contributed by atoms with Gasteiger partial charge in [-0.05, 0) is 49.4 Å². The van der Waals surface area contributed by atoms with E-state index < -0.39 is 0 Å². The Labute approximate surface area is 154 Å². The average Bonchev–Trinajstić information content (AvgIpc) is 3.00. The van der Waals surface area contributed by atoms with Crippen LogP contribution in [0.25, 0.3) is 11.2 Å². The van der Waals surface area contributed by atoms with Gasteiger partial charge in [0.2, 0.25) is 11.6 Å². The van der Waals surface area contributed by atoms with Gasteiger partial charge in [-0.2, -0.15) is 4.98 Å². The number of hydrogen-bond donors (Lipinski definition) is 2. The minimum atomic E-state index is -0.237. The maximum absolute atomic E-state index is 12.4. The summed E-state index contributed by atoms with van der Waals surface area (Å²) < 4.78 is 1.62. The zero-order valence-corrected chi connectivity index (χ0v) is 15.9. The van der Waals surface area contributed by atoms with Crippen molar-refractivity contribution in [2.45, 2.75) is 39.7 Å². The zero-order valence-electron chi connectivity index (χ0n) is 14.3. The second-order valence-electron chi connectivity index (χ2n) is 5.92. The molecule has 0 spiro atoms. The van der Waals surface area contributed by atoms with Crippen LogP contribution in [0.2, 0.25) is 0 Å². The number of alkyl halides is 1. The van der Waals surface area contributed by atoms with Gasteiger partial charge in [-0.25, -0.2) is 4.68 Å². The molecule has 0 saturated heterocycles. The molecule has 0 atom stereocenters. The minimum Gasteiger partial charge on any atom is -0.326 e. The van der Waals surface area contributed by atoms with Crippen molar-refractivity contribution in [1.82, 2.24) is 25.0 Å². The van der Waals surface area contributed by atoms with Gasteiger partial charge in [0.25, 0.3) is 5.56 Å². The largest absolute Gasteiger partial charge is 0.326 e. The van der Waals surface area contributed by atoms with Crippen molar-refractivity contribution in [3.05, 3.63) is 39.7 Å². The molecule has 3 rings (SSSR count). The number of aromatic amines is 1. The number of anilines is 2. The Morgan fingerprint density at radius 1 is 1.32 bits per heavy atom. The van der Waals surface area contributed by atoms with Crippen molar-refractivity contribution >= 4 is 38.7 Å². The summed E-state index contributed by atoms with van der Waals surface area (Å²) in [6.45, 7) is 4.85. The number of hydrogen-bond acceptors (Lipinski definition) is 5. The van der Waals surface area contributed by atoms with Gasteiger partial charge < -0.3 is 5.32 Å². The Kier molecular flexibility index (Phi) is 5.47. The number of benzene rings is 1. The lowest BCUT2D eigenvalue weighted by molar-refractivity contribution is 0.569. The lowest BCUT2D eigenvalue weighted by Crippen LogP contribution is -2.15. The predicted octanol–water partition coefficient (Wildman–Crippen LogP) is 3.30. The van der Waals surface area contributed by atoms with Crippen molar-refractivity contribution in [3.63, 3.8) is 0 Å². The predicted molar refractivity (Wildman–Crippen MR) is 103 cm³/mol. The standard InChI is InChI=1S/C17H21BrN6O/c1-3-12-10-13(7-6-11(12)2)19-17-20-15-14(16(25)21-17)24(23-22-15)9-5-4-8-18/h6-7,10H,3-5,8-9H2,1-2H3,(H2,19,20,21,25). The number of H-pyrrole nitrogens is 1. The average molecular weight is 405 g/mol. The van der Waals surface area contributed by atoms with Crippen LogP contribution >= 0.6 is 15.9 Å². The number of unbranched alkanes of at least 4 members (excludes halogenated alkanes) is 1. The summed E-state index contributed by atoms with van der Waals surface area (Å²) in [4.78, 5) is 19.6. The zero-order chi connectivity index (χ0) is 17.8. The van der Waals surface area contributed by atoms with Crippen LogP contribution in [0.1, 0.15) is 30.9 Å². The maximum atomic E-state index is 12.4. The molecule has 2 aromatic heterocycles. The second kappa shape index (κ2) is 7.77. The summed E-state index contributed by atoms with van der Waals surface area (Å²) in [6.07, 6.45) is 2.89. The van der Waals surface area contributed by atoms with Gasteiger partial charge in [-0.1, -0.05) is 34.1 Å². The molecule has 2 heterocycles. The van der Waals surface area contributed by atoms with E-state index in [-0.39, 0.29) is 5.56 Å². The first-order chi connectivity index (χ1) is 12.1. The Morgan fingerprint density at radius 3 is 2.92 bits per heavy atom. The molecule has 132 valence electrons. The molecular weight excluding hydrogens is 384 g/mol. The van der Waals surface area contributed by atoms with Gasteiger partial charge >= 0.3 is 0 Å². The van der Waals surface area contributed by atoms with Crippen LogP contribution in [0, 0.1) is 6.92 Å². The fraction of sp³-hybridized carbons (Fsp3) is 0.412. The van der Waals surface area contributed by atoms with Gasteiger partial charge in [0.05, 0.1) is 0 Å². The van der Waals surface area contributed by atoms with Crippen LogP contribution in [-0.4, -0.2) is 30.3 Å². The Balaban J connectivity index is 1.87. The van der Waals surface area contributed by atoms with Gasteiger partial charge in [0, 0.05) is 17.6 Å². The van der Waals surface area contributed by atoms with E-state index in [0.29, 0.717) is 23.7 Å². The number of aromatic nitrogens is 5. The van der Waals surface area contributed by atoms with Gasteiger partial charge in [0.1, 0.15) is 0 Å². The highest BCUT2D eigenvalue weighted by molar-refractivity contribution is 9.09. The van der Waals surface area contributed by atoms with Crippen molar-refractivity contribution < 1.29 is 0 Å². The fourth-order valence-corrected chi connectivity index (χ4v) is 3.13. The summed E-state index contributed by atoms with van der Waals surface area (Å²) in [5.74, 6) is 0.371. The number of halogens is 1. The maximum Gasteiger partial charge on any atom is 0.280 e. The summed E-state index contributed by atoms with van der Waals surface area (Å²) in [6, 6.07) is 6.09. The Hall–Kier alpha value is -2.22. The topological polar surface area (TPSA) is 88.5 Å². The number of rotatable bonds is 7. The molecule has 0 radical (unpaired) electrons. The van der Waals surface area contributed by atoms with Crippen LogP contribution in [0.3, 0.4) is 0 Å². The number of aryl methyl sites for hydroxylation is 3. The van der Waals surface area contributed by atoms with E-state index >= 15 is 0 Å². The van der Waals surface area contributed by atoms with Gasteiger partial charge in [-0.15, -0.1) is 5.10 Å². The third-order valence-electron chi connectivity index (χ3n) is 4.13. The second-order valence-corrected chi connectivity index (χ2v) is 6.71. The molecule has 0 bridgehead atoms. The number of nitrogens with one attached hydrogen (secondary N) is 2. The lowest BCUT2D eigenvalue weighted by Gasteiger charge is -2.09. The molecule has 25 heavy (non-hydrogen) atoms. The van der Waals surface area contributed by atoms with Crippen molar-refractivity contribution in [3.8, 4) is 0 Å². The first-order valence-electron chi connectivity index (χ1n) is 8.38. The molecule has 2 N–H and O–H groups in total. The molecule has 0 aliphatic heterocycles. The Morgan fingerprint density at radius 2 is 2.16 bits per heavy atom. The first-order valence-corrected chi connectivity index (χ1v) is 9.50. The van der Waals surface area contributed by atoms with E-state index in [1.807, 2.05) is 6.07 Å². The molecule has 0 aliphatic carbocycles. The molecule has 0 fully saturated rings. The van der Waals surface area contributed by atoms with E-state index in [2.05, 4.69) is 67.5 Å². The molecule has 7 nitrogen and oxygen atoms in total. The molecule has 1 aromatic carbocycles. The highest BCUT2D eigenvalue weighted by Gasteiger charge is 2.12. The van der Waals surface area contributed by atoms with E-state index in [1.165, 1.54) is 11.1 Å². The van der Waals surface area contributed by atoms with Crippen LogP contribution in [0.4, 0.5) is 11.6 Å². The van der Waals surface area contributed by atoms with Crippen LogP contribution in [0.5, 0.6) is 0 Å². The van der Waals surface area contributed by atoms with Crippen molar-refractivity contribution in [2.24, 2.45) is 0 Å². The van der Waals surface area contributed by atoms with Gasteiger partial charge in [-0.3, -0.25) is 9.78 Å². The molecule has 8 heteroatoms. The van der Waals surface area contributed by atoms with Crippen LogP contribution in [-0.2, 0) is 13.0 Å². The smallest absolute Gasteiger partial charge is 0.280 e. The monoisotopic (exact) mass is 404 g/mol. The molecule has 3 aromatic rings. The quantitative estimate of drug-likeness (QED) is 0.465. The van der Waals surface area contributed by atoms with E-state index in [0.717, 1.165) is 30.3 Å². The minimum absolute atomic E-state index is 0.237. The van der Waals surface area contributed by atoms with Crippen molar-refractivity contribution in [2.75, 3.05) is 10.6 Å². The van der Waals surface area contributed by atoms with E-state index in [9.17, 15) is 4.79 Å². The summed E-state index contributed by atoms with van der Waals surface area (Å²) in [5, 5.41) is 12.2. The third-order valence-corrected chi connectivity index (χ3v) is 4.69. The van der Waals surface area contributed by atoms with E-state index in [1.54, 1.807) is 4.68 Å². The SMILES string of the molecule is CCc1cc(Nc2nc3nnn(CCCCBr)c3c(=O)[nH]2)ccc1C. The number of fused-ring (bicyclic) bond motifs is 1. The van der Waals surface area contributed by atoms with Crippen LogP contribution < -0.4 is 10.9 Å². The number of nitrogens with zero attached hydrogens (tertiary/aromatic N) is 4. The summed E-state index contributed by atoms with van der Waals surface area (Å²) in [7, 11) is 0. The lowest BCUT2D eigenvalue weighted by atomic mass is 10.1. The van der Waals surface area contributed by atoms with E-state index in [4.69, 9.17) is 0 Å². The normalized spacial score (nSPS) is 11.2. The third kappa shape index (κ3) is 3.89. The van der Waals surface area contributed by atoms with Gasteiger partial charge in [0.15, 0.2) is 5.52 Å². The Bertz CT molecular complexity index is 933. The summed E-state index contributed by atoms with van der Waals surface area (Å²) in [5.41, 5.74) is 3.92. The van der Waals surface area contributed by atoms with Crippen molar-refractivity contribution in [1.29, 1.82) is 0 Å². The highest BCUT2D eigenvalue weighted by Crippen LogP contribution is 2.18. The van der Waals surface area contributed by atoms with Crippen LogP contribution in [0.15, 0.2) is 23.0 Å². The molecular formula is C17H21BrN6O. The molecule has 0 unspecified atom stereocenters. The fourth-order valence-electron chi connectivity index (χ4n) is 2.74. The molecule has 0 aliphatic rings. The molecule has 0 amide bonds. The molecule has 0 saturated carbocycles.